The van der Waals surface area contributed by atoms with Gasteiger partial charge in [0.05, 0.1) is 6.54 Å². The number of amides is 1. The summed E-state index contributed by atoms with van der Waals surface area (Å²) in [6.45, 7) is 2.41. The van der Waals surface area contributed by atoms with Gasteiger partial charge in [0.15, 0.2) is 11.5 Å². The van der Waals surface area contributed by atoms with Gasteiger partial charge >= 0.3 is 0 Å². The summed E-state index contributed by atoms with van der Waals surface area (Å²) in [4.78, 5) is 20.6. The van der Waals surface area contributed by atoms with Crippen molar-refractivity contribution in [1.82, 2.24) is 19.7 Å². The van der Waals surface area contributed by atoms with Crippen LogP contribution in [0.15, 0.2) is 59.5 Å². The zero-order valence-corrected chi connectivity index (χ0v) is 13.5. The van der Waals surface area contributed by atoms with E-state index in [1.165, 1.54) is 6.33 Å². The second-order valence-electron chi connectivity index (χ2n) is 5.66. The quantitative estimate of drug-likeness (QED) is 0.620. The number of aryl methyl sites for hydroxylation is 1. The first-order chi connectivity index (χ1) is 12.2. The van der Waals surface area contributed by atoms with E-state index >= 15 is 0 Å². The highest BCUT2D eigenvalue weighted by Crippen LogP contribution is 2.20. The molecule has 0 spiro atoms. The van der Waals surface area contributed by atoms with Gasteiger partial charge in [-0.05, 0) is 35.9 Å². The monoisotopic (exact) mass is 333 g/mol. The largest absolute Gasteiger partial charge is 0.441 e. The molecule has 25 heavy (non-hydrogen) atoms. The normalized spacial score (nSPS) is 10.9. The maximum absolute atomic E-state index is 12.4. The number of rotatable bonds is 4. The Labute approximate surface area is 143 Å². The third-order valence-electron chi connectivity index (χ3n) is 3.78. The van der Waals surface area contributed by atoms with Crippen LogP contribution in [0.2, 0.25) is 0 Å². The van der Waals surface area contributed by atoms with Crippen LogP contribution in [-0.2, 0) is 6.54 Å². The van der Waals surface area contributed by atoms with Gasteiger partial charge in [0.25, 0.3) is 5.91 Å². The third-order valence-corrected chi connectivity index (χ3v) is 3.78. The number of carbonyl (C=O) groups is 1. The van der Waals surface area contributed by atoms with E-state index in [4.69, 9.17) is 4.42 Å². The summed E-state index contributed by atoms with van der Waals surface area (Å²) in [5.74, 6) is 0.424. The number of benzene rings is 2. The van der Waals surface area contributed by atoms with Crippen molar-refractivity contribution in [3.8, 4) is 0 Å². The van der Waals surface area contributed by atoms with Crippen molar-refractivity contribution in [2.24, 2.45) is 0 Å². The van der Waals surface area contributed by atoms with E-state index in [0.29, 0.717) is 29.3 Å². The summed E-state index contributed by atoms with van der Waals surface area (Å²) in [5, 5.41) is 6.94. The van der Waals surface area contributed by atoms with E-state index in [1.807, 2.05) is 12.1 Å². The minimum Gasteiger partial charge on any atom is -0.441 e. The fraction of sp³-hybridized carbons (Fsp3) is 0.111. The third kappa shape index (κ3) is 3.25. The number of fused-ring (bicyclic) bond motifs is 1. The predicted molar refractivity (Wildman–Crippen MR) is 92.3 cm³/mol. The van der Waals surface area contributed by atoms with Crippen molar-refractivity contribution in [2.75, 3.05) is 5.32 Å². The number of anilines is 1. The van der Waals surface area contributed by atoms with Crippen molar-refractivity contribution in [1.29, 1.82) is 0 Å². The molecule has 2 aromatic heterocycles. The van der Waals surface area contributed by atoms with Gasteiger partial charge in [-0.3, -0.25) is 4.79 Å². The average molecular weight is 333 g/mol. The number of nitrogens with zero attached hydrogens (tertiary/aromatic N) is 4. The number of hydrogen-bond donors (Lipinski definition) is 1. The number of nitrogens with one attached hydrogen (secondary N) is 1. The van der Waals surface area contributed by atoms with Crippen LogP contribution in [0.4, 0.5) is 5.69 Å². The van der Waals surface area contributed by atoms with E-state index in [2.05, 4.69) is 20.4 Å². The molecule has 0 saturated carbocycles. The topological polar surface area (TPSA) is 85.8 Å². The zero-order valence-electron chi connectivity index (χ0n) is 13.5. The van der Waals surface area contributed by atoms with Gasteiger partial charge in [-0.1, -0.05) is 12.1 Å². The van der Waals surface area contributed by atoms with Gasteiger partial charge in [0, 0.05) is 18.2 Å². The molecular formula is C18H15N5O2. The molecule has 7 heteroatoms. The maximum atomic E-state index is 12.4. The van der Waals surface area contributed by atoms with Crippen LogP contribution >= 0.6 is 0 Å². The molecular weight excluding hydrogens is 318 g/mol. The number of hydrogen-bond acceptors (Lipinski definition) is 5. The van der Waals surface area contributed by atoms with Crippen LogP contribution in [0.5, 0.6) is 0 Å². The zero-order chi connectivity index (χ0) is 17.2. The minimum absolute atomic E-state index is 0.174. The van der Waals surface area contributed by atoms with Crippen molar-refractivity contribution < 1.29 is 9.21 Å². The molecule has 2 heterocycles. The molecule has 4 rings (SSSR count). The number of aromatic nitrogens is 4. The standard InChI is InChI=1S/C18H15N5O2/c1-12-21-16-8-15(6-7-17(16)25-12)22-18(24)14-4-2-13(3-5-14)9-23-11-19-10-20-23/h2-8,10-11H,9H2,1H3,(H,22,24). The van der Waals surface area contributed by atoms with Gasteiger partial charge in [-0.15, -0.1) is 0 Å². The van der Waals surface area contributed by atoms with Crippen LogP contribution in [0.25, 0.3) is 11.1 Å². The lowest BCUT2D eigenvalue weighted by Crippen LogP contribution is -2.12. The molecule has 0 bridgehead atoms. The Bertz CT molecular complexity index is 1020. The van der Waals surface area contributed by atoms with Gasteiger partial charge in [0.2, 0.25) is 0 Å². The number of oxazole rings is 1. The van der Waals surface area contributed by atoms with Crippen LogP contribution in [0, 0.1) is 6.92 Å². The van der Waals surface area contributed by atoms with Crippen molar-refractivity contribution in [3.05, 3.63) is 72.1 Å². The highest BCUT2D eigenvalue weighted by Gasteiger charge is 2.08. The Morgan fingerprint density at radius 1 is 1.20 bits per heavy atom. The molecule has 0 saturated heterocycles. The molecule has 124 valence electrons. The van der Waals surface area contributed by atoms with Crippen LogP contribution in [-0.4, -0.2) is 25.7 Å². The molecule has 7 nitrogen and oxygen atoms in total. The van der Waals surface area contributed by atoms with E-state index in [1.54, 1.807) is 48.3 Å². The van der Waals surface area contributed by atoms with Gasteiger partial charge < -0.3 is 9.73 Å². The Balaban J connectivity index is 1.47. The van der Waals surface area contributed by atoms with Crippen LogP contribution in [0.1, 0.15) is 21.8 Å². The Hall–Kier alpha value is -3.48. The molecule has 0 unspecified atom stereocenters. The van der Waals surface area contributed by atoms with Gasteiger partial charge in [-0.2, -0.15) is 5.10 Å². The molecule has 0 aliphatic rings. The lowest BCUT2D eigenvalue weighted by atomic mass is 10.1. The predicted octanol–water partition coefficient (Wildman–Crippen LogP) is 3.03. The fourth-order valence-corrected chi connectivity index (χ4v) is 2.59. The lowest BCUT2D eigenvalue weighted by Gasteiger charge is -2.06. The lowest BCUT2D eigenvalue weighted by molar-refractivity contribution is 0.102. The van der Waals surface area contributed by atoms with Crippen molar-refractivity contribution in [2.45, 2.75) is 13.5 Å². The molecule has 0 fully saturated rings. The summed E-state index contributed by atoms with van der Waals surface area (Å²) in [6.07, 6.45) is 3.15. The van der Waals surface area contributed by atoms with Crippen LogP contribution in [0.3, 0.4) is 0 Å². The maximum Gasteiger partial charge on any atom is 0.255 e. The first-order valence-electron chi connectivity index (χ1n) is 7.77. The second-order valence-corrected chi connectivity index (χ2v) is 5.66. The Kier molecular flexibility index (Phi) is 3.74. The Morgan fingerprint density at radius 2 is 2.04 bits per heavy atom. The molecule has 0 aliphatic heterocycles. The highest BCUT2D eigenvalue weighted by atomic mass is 16.3. The molecule has 1 N–H and O–H groups in total. The van der Waals surface area contributed by atoms with Crippen LogP contribution < -0.4 is 5.32 Å². The fourth-order valence-electron chi connectivity index (χ4n) is 2.59. The molecule has 0 atom stereocenters. The smallest absolute Gasteiger partial charge is 0.255 e. The number of carbonyl (C=O) groups excluding carboxylic acids is 1. The van der Waals surface area contributed by atoms with Crippen molar-refractivity contribution in [3.63, 3.8) is 0 Å². The summed E-state index contributed by atoms with van der Waals surface area (Å²) in [7, 11) is 0. The van der Waals surface area contributed by atoms with E-state index in [9.17, 15) is 4.79 Å². The molecule has 0 aliphatic carbocycles. The second kappa shape index (κ2) is 6.20. The summed E-state index contributed by atoms with van der Waals surface area (Å²) < 4.78 is 7.16. The molecule has 4 aromatic rings. The summed E-state index contributed by atoms with van der Waals surface area (Å²) in [5.41, 5.74) is 3.73. The van der Waals surface area contributed by atoms with E-state index in [-0.39, 0.29) is 5.91 Å². The molecule has 1 amide bonds. The van der Waals surface area contributed by atoms with Crippen molar-refractivity contribution >= 4 is 22.7 Å². The minimum atomic E-state index is -0.174. The van der Waals surface area contributed by atoms with Gasteiger partial charge in [-0.25, -0.2) is 14.6 Å². The first kappa shape index (κ1) is 15.1. The highest BCUT2D eigenvalue weighted by molar-refractivity contribution is 6.04. The Morgan fingerprint density at radius 3 is 2.80 bits per heavy atom. The van der Waals surface area contributed by atoms with Gasteiger partial charge in [0.1, 0.15) is 18.2 Å². The van der Waals surface area contributed by atoms with E-state index < -0.39 is 0 Å². The summed E-state index contributed by atoms with van der Waals surface area (Å²) in [6, 6.07) is 12.8. The first-order valence-corrected chi connectivity index (χ1v) is 7.77. The molecule has 0 radical (unpaired) electrons. The van der Waals surface area contributed by atoms with E-state index in [0.717, 1.165) is 11.1 Å². The molecule has 2 aromatic carbocycles. The average Bonchev–Trinajstić information content (AvgIpc) is 3.23. The SMILES string of the molecule is Cc1nc2cc(NC(=O)c3ccc(Cn4cncn4)cc3)ccc2o1. The summed E-state index contributed by atoms with van der Waals surface area (Å²) >= 11 is 0.